The molecule has 2 aliphatic heterocycles. The molecule has 2 saturated heterocycles. The molecule has 2 amide bonds. The predicted octanol–water partition coefficient (Wildman–Crippen LogP) is 4.26. The van der Waals surface area contributed by atoms with E-state index in [9.17, 15) is 14.7 Å². The molecule has 0 bridgehead atoms. The number of halogens is 2. The first-order chi connectivity index (χ1) is 13.8. The van der Waals surface area contributed by atoms with Crippen molar-refractivity contribution in [1.29, 1.82) is 0 Å². The van der Waals surface area contributed by atoms with Gasteiger partial charge in [-0.1, -0.05) is 34.6 Å². The number of thiazole rings is 1. The van der Waals surface area contributed by atoms with E-state index >= 15 is 8.78 Å². The zero-order chi connectivity index (χ0) is 22.5. The number of carbonyl (C=O) groups is 2. The van der Waals surface area contributed by atoms with E-state index in [2.05, 4.69) is 4.98 Å². The molecule has 2 aliphatic rings. The Balaban J connectivity index is 1.95. The van der Waals surface area contributed by atoms with Crippen LogP contribution in [0.2, 0.25) is 0 Å². The molecule has 0 aliphatic carbocycles. The molecule has 1 aromatic heterocycles. The molecule has 3 heterocycles. The maximum atomic E-state index is 15.3. The SMILES string of the molecule is CC(C)c1nc(C(=O)N2CC3(CCN(C(=O)O)CC3)OC(F)(F)C2C(C)(C)C)cs1. The topological polar surface area (TPSA) is 83.0 Å². The van der Waals surface area contributed by atoms with Crippen LogP contribution in [0.3, 0.4) is 0 Å². The summed E-state index contributed by atoms with van der Waals surface area (Å²) in [7, 11) is 0. The second kappa shape index (κ2) is 7.71. The van der Waals surface area contributed by atoms with E-state index in [0.717, 1.165) is 5.01 Å². The van der Waals surface area contributed by atoms with Crippen LogP contribution in [0.1, 0.15) is 68.9 Å². The molecule has 0 radical (unpaired) electrons. The van der Waals surface area contributed by atoms with Crippen molar-refractivity contribution in [3.63, 3.8) is 0 Å². The number of alkyl halides is 2. The van der Waals surface area contributed by atoms with Gasteiger partial charge in [0.2, 0.25) is 0 Å². The number of piperidine rings is 1. The fraction of sp³-hybridized carbons (Fsp3) is 0.750. The Hall–Kier alpha value is -1.81. The van der Waals surface area contributed by atoms with Crippen LogP contribution in [0.5, 0.6) is 0 Å². The molecular weight excluding hydrogens is 416 g/mol. The van der Waals surface area contributed by atoms with Gasteiger partial charge in [-0.05, 0) is 18.3 Å². The highest BCUT2D eigenvalue weighted by Gasteiger charge is 2.62. The first-order valence-corrected chi connectivity index (χ1v) is 11.0. The largest absolute Gasteiger partial charge is 0.465 e. The Labute approximate surface area is 179 Å². The highest BCUT2D eigenvalue weighted by atomic mass is 32.1. The van der Waals surface area contributed by atoms with Gasteiger partial charge in [-0.3, -0.25) is 4.79 Å². The van der Waals surface area contributed by atoms with Gasteiger partial charge in [0.1, 0.15) is 11.7 Å². The van der Waals surface area contributed by atoms with Crippen LogP contribution in [0.15, 0.2) is 5.38 Å². The molecule has 3 rings (SSSR count). The van der Waals surface area contributed by atoms with E-state index in [0.29, 0.717) is 0 Å². The molecule has 30 heavy (non-hydrogen) atoms. The number of likely N-dealkylation sites (tertiary alicyclic amines) is 1. The van der Waals surface area contributed by atoms with E-state index < -0.39 is 35.2 Å². The zero-order valence-electron chi connectivity index (χ0n) is 17.9. The van der Waals surface area contributed by atoms with Crippen LogP contribution >= 0.6 is 11.3 Å². The van der Waals surface area contributed by atoms with Crippen molar-refractivity contribution in [2.75, 3.05) is 19.6 Å². The Morgan fingerprint density at radius 3 is 2.37 bits per heavy atom. The van der Waals surface area contributed by atoms with Gasteiger partial charge in [0.15, 0.2) is 0 Å². The molecule has 168 valence electrons. The van der Waals surface area contributed by atoms with E-state index in [-0.39, 0.29) is 44.1 Å². The zero-order valence-corrected chi connectivity index (χ0v) is 18.8. The summed E-state index contributed by atoms with van der Waals surface area (Å²) in [6.45, 7) is 9.02. The number of carbonyl (C=O) groups excluding carboxylic acids is 1. The van der Waals surface area contributed by atoms with Gasteiger partial charge in [-0.15, -0.1) is 11.3 Å². The molecule has 10 heteroatoms. The summed E-state index contributed by atoms with van der Waals surface area (Å²) in [6, 6.07) is -1.47. The molecule has 1 spiro atoms. The summed E-state index contributed by atoms with van der Waals surface area (Å²) < 4.78 is 36.1. The molecule has 1 aromatic rings. The van der Waals surface area contributed by atoms with Crippen molar-refractivity contribution in [3.8, 4) is 0 Å². The van der Waals surface area contributed by atoms with E-state index in [1.54, 1.807) is 26.2 Å². The van der Waals surface area contributed by atoms with Crippen molar-refractivity contribution >= 4 is 23.3 Å². The minimum atomic E-state index is -3.57. The van der Waals surface area contributed by atoms with Crippen molar-refractivity contribution in [2.45, 2.75) is 71.1 Å². The van der Waals surface area contributed by atoms with Gasteiger partial charge in [0.25, 0.3) is 5.91 Å². The number of hydrogen-bond donors (Lipinski definition) is 1. The van der Waals surface area contributed by atoms with Crippen molar-refractivity contribution < 1.29 is 28.2 Å². The highest BCUT2D eigenvalue weighted by molar-refractivity contribution is 7.09. The number of morpholine rings is 1. The lowest BCUT2D eigenvalue weighted by Crippen LogP contribution is -2.70. The van der Waals surface area contributed by atoms with Gasteiger partial charge in [-0.2, -0.15) is 8.78 Å². The third kappa shape index (κ3) is 4.30. The molecule has 7 nitrogen and oxygen atoms in total. The van der Waals surface area contributed by atoms with Crippen LogP contribution in [0.4, 0.5) is 13.6 Å². The monoisotopic (exact) mass is 445 g/mol. The lowest BCUT2D eigenvalue weighted by Gasteiger charge is -2.55. The average molecular weight is 446 g/mol. The maximum Gasteiger partial charge on any atom is 0.407 e. The van der Waals surface area contributed by atoms with Gasteiger partial charge in [0, 0.05) is 24.4 Å². The second-order valence-corrected chi connectivity index (χ2v) is 10.4. The van der Waals surface area contributed by atoms with Gasteiger partial charge >= 0.3 is 12.2 Å². The predicted molar refractivity (Wildman–Crippen MR) is 108 cm³/mol. The summed E-state index contributed by atoms with van der Waals surface area (Å²) in [4.78, 5) is 31.3. The second-order valence-electron chi connectivity index (χ2n) is 9.54. The number of rotatable bonds is 2. The smallest absolute Gasteiger partial charge is 0.407 e. The number of carboxylic acid groups (broad SMARTS) is 1. The molecule has 1 atom stereocenters. The normalized spacial score (nSPS) is 23.8. The molecular formula is C20H29F2N3O4S. The summed E-state index contributed by atoms with van der Waals surface area (Å²) in [5, 5.41) is 11.6. The first kappa shape index (κ1) is 22.9. The van der Waals surface area contributed by atoms with Crippen LogP contribution in [-0.2, 0) is 4.74 Å². The molecule has 0 aromatic carbocycles. The van der Waals surface area contributed by atoms with Crippen molar-refractivity contribution in [1.82, 2.24) is 14.8 Å². The van der Waals surface area contributed by atoms with E-state index in [1.807, 2.05) is 13.8 Å². The van der Waals surface area contributed by atoms with Gasteiger partial charge in [0.05, 0.1) is 17.2 Å². The van der Waals surface area contributed by atoms with E-state index in [1.165, 1.54) is 21.1 Å². The number of hydrogen-bond acceptors (Lipinski definition) is 5. The van der Waals surface area contributed by atoms with Gasteiger partial charge in [-0.25, -0.2) is 9.78 Å². The van der Waals surface area contributed by atoms with Crippen molar-refractivity contribution in [2.24, 2.45) is 5.41 Å². The van der Waals surface area contributed by atoms with Crippen LogP contribution in [0.25, 0.3) is 0 Å². The first-order valence-electron chi connectivity index (χ1n) is 10.1. The number of amides is 2. The van der Waals surface area contributed by atoms with E-state index in [4.69, 9.17) is 4.74 Å². The quantitative estimate of drug-likeness (QED) is 0.736. The summed E-state index contributed by atoms with van der Waals surface area (Å²) in [6.07, 6.45) is -4.46. The third-order valence-corrected chi connectivity index (χ3v) is 6.85. The Morgan fingerprint density at radius 2 is 1.90 bits per heavy atom. The fourth-order valence-electron chi connectivity index (χ4n) is 4.28. The summed E-state index contributed by atoms with van der Waals surface area (Å²) in [5.41, 5.74) is -2.07. The standard InChI is InChI=1S/C20H29F2N3O4S/c1-12(2)14-23-13(10-30-14)15(26)25-11-19(6-8-24(9-7-19)17(27)28)29-20(21,22)16(25)18(3,4)5/h10,12,16H,6-9,11H2,1-5H3,(H,27,28). The fourth-order valence-corrected chi connectivity index (χ4v) is 5.09. The molecule has 1 unspecified atom stereocenters. The summed E-state index contributed by atoms with van der Waals surface area (Å²) >= 11 is 1.34. The Kier molecular flexibility index (Phi) is 5.87. The van der Waals surface area contributed by atoms with Crippen LogP contribution < -0.4 is 0 Å². The number of ether oxygens (including phenoxy) is 1. The van der Waals surface area contributed by atoms with Crippen LogP contribution in [-0.4, -0.2) is 69.3 Å². The lowest BCUT2D eigenvalue weighted by atomic mass is 9.80. The highest BCUT2D eigenvalue weighted by Crippen LogP contribution is 2.47. The minimum absolute atomic E-state index is 0.0225. The molecule has 0 saturated carbocycles. The Bertz CT molecular complexity index is 813. The number of aromatic nitrogens is 1. The number of nitrogens with zero attached hydrogens (tertiary/aromatic N) is 3. The lowest BCUT2D eigenvalue weighted by molar-refractivity contribution is -0.365. The minimum Gasteiger partial charge on any atom is -0.465 e. The van der Waals surface area contributed by atoms with Gasteiger partial charge < -0.3 is 19.6 Å². The molecule has 1 N–H and O–H groups in total. The average Bonchev–Trinajstić information content (AvgIpc) is 3.09. The Morgan fingerprint density at radius 1 is 1.30 bits per heavy atom. The third-order valence-electron chi connectivity index (χ3n) is 5.70. The molecule has 2 fully saturated rings. The maximum absolute atomic E-state index is 15.3. The van der Waals surface area contributed by atoms with Crippen LogP contribution in [0, 0.1) is 5.41 Å². The van der Waals surface area contributed by atoms with Crippen molar-refractivity contribution in [3.05, 3.63) is 16.1 Å². The summed E-state index contributed by atoms with van der Waals surface area (Å²) in [5.74, 6) is -0.408.